The molecule has 2 aromatic heterocycles. The van der Waals surface area contributed by atoms with Crippen LogP contribution in [-0.4, -0.2) is 41.7 Å². The molecule has 2 bridgehead atoms. The van der Waals surface area contributed by atoms with Crippen LogP contribution in [0.4, 0.5) is 16.3 Å². The van der Waals surface area contributed by atoms with E-state index in [0.717, 1.165) is 73.8 Å². The average Bonchev–Trinajstić information content (AvgIpc) is 3.10. The second-order valence-electron chi connectivity index (χ2n) is 7.43. The van der Waals surface area contributed by atoms with Crippen LogP contribution in [-0.2, 0) is 0 Å². The molecule has 0 aliphatic carbocycles. The summed E-state index contributed by atoms with van der Waals surface area (Å²) in [6, 6.07) is 8.32. The third kappa shape index (κ3) is 3.48. The maximum absolute atomic E-state index is 12.9. The van der Waals surface area contributed by atoms with E-state index in [2.05, 4.69) is 28.2 Å². The van der Waals surface area contributed by atoms with Crippen molar-refractivity contribution in [3.8, 4) is 11.3 Å². The van der Waals surface area contributed by atoms with Crippen molar-refractivity contribution < 1.29 is 4.79 Å². The number of rotatable bonds is 5. The lowest BCUT2D eigenvalue weighted by atomic mass is 10.1. The Morgan fingerprint density at radius 1 is 1.26 bits per heavy atom. The summed E-state index contributed by atoms with van der Waals surface area (Å²) in [6.07, 6.45) is 6.13. The molecule has 0 radical (unpaired) electrons. The minimum Gasteiger partial charge on any atom is -0.366 e. The standard InChI is InChI=1S/C21H27N5O/c1-3-4-5-11-22-21(27)26-17-10-12-25(14-17)19-9-8-18(24-20(19)26)16-7-6-15(2)23-13-16/h6-9,13,17H,3-5,10-12,14H2,1-2H3,(H,22,27)/t17-/m0/s1. The van der Waals surface area contributed by atoms with Crippen LogP contribution in [0.25, 0.3) is 11.3 Å². The third-order valence-corrected chi connectivity index (χ3v) is 5.43. The number of nitrogens with one attached hydrogen (secondary N) is 1. The summed E-state index contributed by atoms with van der Waals surface area (Å²) >= 11 is 0. The van der Waals surface area contributed by atoms with Gasteiger partial charge in [0.2, 0.25) is 0 Å². The van der Waals surface area contributed by atoms with E-state index >= 15 is 0 Å². The molecule has 2 aliphatic heterocycles. The van der Waals surface area contributed by atoms with Crippen molar-refractivity contribution in [1.82, 2.24) is 15.3 Å². The van der Waals surface area contributed by atoms with E-state index in [1.54, 1.807) is 0 Å². The molecular formula is C21H27N5O. The molecule has 6 nitrogen and oxygen atoms in total. The zero-order valence-corrected chi connectivity index (χ0v) is 16.1. The smallest absolute Gasteiger partial charge is 0.323 e. The lowest BCUT2D eigenvalue weighted by molar-refractivity contribution is 0.244. The molecule has 0 saturated carbocycles. The summed E-state index contributed by atoms with van der Waals surface area (Å²) in [7, 11) is 0. The van der Waals surface area contributed by atoms with Gasteiger partial charge in [0.1, 0.15) is 0 Å². The Labute approximate surface area is 160 Å². The van der Waals surface area contributed by atoms with Gasteiger partial charge in [-0.3, -0.25) is 9.88 Å². The number of pyridine rings is 2. The number of hydrogen-bond donors (Lipinski definition) is 1. The van der Waals surface area contributed by atoms with E-state index in [1.807, 2.05) is 36.2 Å². The highest BCUT2D eigenvalue weighted by Crippen LogP contribution is 2.40. The van der Waals surface area contributed by atoms with Gasteiger partial charge in [-0.15, -0.1) is 0 Å². The number of fused-ring (bicyclic) bond motifs is 4. The van der Waals surface area contributed by atoms with Crippen LogP contribution in [0.3, 0.4) is 0 Å². The predicted octanol–water partition coefficient (Wildman–Crippen LogP) is 3.75. The molecule has 1 fully saturated rings. The molecule has 1 N–H and O–H groups in total. The molecule has 1 saturated heterocycles. The summed E-state index contributed by atoms with van der Waals surface area (Å²) in [5.41, 5.74) is 3.86. The molecule has 0 spiro atoms. The van der Waals surface area contributed by atoms with Gasteiger partial charge < -0.3 is 10.2 Å². The molecule has 0 aromatic carbocycles. The first-order valence-electron chi connectivity index (χ1n) is 9.93. The van der Waals surface area contributed by atoms with E-state index < -0.39 is 0 Å². The second-order valence-corrected chi connectivity index (χ2v) is 7.43. The molecule has 27 heavy (non-hydrogen) atoms. The minimum absolute atomic E-state index is 0.0226. The first-order valence-corrected chi connectivity index (χ1v) is 9.93. The van der Waals surface area contributed by atoms with Crippen molar-refractivity contribution in [3.05, 3.63) is 36.2 Å². The summed E-state index contributed by atoms with van der Waals surface area (Å²) < 4.78 is 0. The molecular weight excluding hydrogens is 338 g/mol. The van der Waals surface area contributed by atoms with Gasteiger partial charge in [0, 0.05) is 37.1 Å². The number of carbonyl (C=O) groups excluding carboxylic acids is 1. The Morgan fingerprint density at radius 3 is 2.93 bits per heavy atom. The van der Waals surface area contributed by atoms with Crippen molar-refractivity contribution in [2.75, 3.05) is 29.4 Å². The quantitative estimate of drug-likeness (QED) is 0.820. The van der Waals surface area contributed by atoms with Gasteiger partial charge >= 0.3 is 6.03 Å². The first-order chi connectivity index (χ1) is 13.2. The van der Waals surface area contributed by atoms with Crippen LogP contribution in [0.15, 0.2) is 30.5 Å². The van der Waals surface area contributed by atoms with Gasteiger partial charge in [-0.05, 0) is 44.0 Å². The maximum atomic E-state index is 12.9. The number of urea groups is 1. The molecule has 0 unspecified atom stereocenters. The Bertz CT molecular complexity index is 820. The zero-order valence-electron chi connectivity index (χ0n) is 16.1. The highest BCUT2D eigenvalue weighted by atomic mass is 16.2. The van der Waals surface area contributed by atoms with E-state index in [9.17, 15) is 4.79 Å². The van der Waals surface area contributed by atoms with Gasteiger partial charge in [0.05, 0.1) is 17.4 Å². The summed E-state index contributed by atoms with van der Waals surface area (Å²) in [6.45, 7) is 6.73. The monoisotopic (exact) mass is 365 g/mol. The number of aromatic nitrogens is 2. The molecule has 4 heterocycles. The molecule has 1 atom stereocenters. The van der Waals surface area contributed by atoms with Gasteiger partial charge in [0.25, 0.3) is 0 Å². The molecule has 2 amide bonds. The van der Waals surface area contributed by atoms with Crippen LogP contribution in [0.2, 0.25) is 0 Å². The Hall–Kier alpha value is -2.63. The molecule has 2 aliphatic rings. The van der Waals surface area contributed by atoms with Crippen molar-refractivity contribution in [2.24, 2.45) is 0 Å². The number of amides is 2. The Balaban J connectivity index is 1.63. The van der Waals surface area contributed by atoms with Gasteiger partial charge in [-0.2, -0.15) is 0 Å². The van der Waals surface area contributed by atoms with Crippen LogP contribution in [0.5, 0.6) is 0 Å². The molecule has 142 valence electrons. The number of unbranched alkanes of at least 4 members (excludes halogenated alkanes) is 2. The van der Waals surface area contributed by atoms with Gasteiger partial charge in [0.15, 0.2) is 5.82 Å². The van der Waals surface area contributed by atoms with Gasteiger partial charge in [-0.25, -0.2) is 9.78 Å². The fourth-order valence-electron chi connectivity index (χ4n) is 3.91. The first kappa shape index (κ1) is 17.8. The van der Waals surface area contributed by atoms with Crippen LogP contribution in [0, 0.1) is 6.92 Å². The van der Waals surface area contributed by atoms with Crippen LogP contribution >= 0.6 is 0 Å². The van der Waals surface area contributed by atoms with Crippen LogP contribution < -0.4 is 15.1 Å². The van der Waals surface area contributed by atoms with Crippen LogP contribution in [0.1, 0.15) is 38.3 Å². The minimum atomic E-state index is -0.0226. The van der Waals surface area contributed by atoms with Crippen molar-refractivity contribution in [1.29, 1.82) is 0 Å². The third-order valence-electron chi connectivity index (χ3n) is 5.43. The zero-order chi connectivity index (χ0) is 18.8. The van der Waals surface area contributed by atoms with Crippen molar-refractivity contribution in [2.45, 2.75) is 45.6 Å². The van der Waals surface area contributed by atoms with Crippen molar-refractivity contribution >= 4 is 17.5 Å². The lowest BCUT2D eigenvalue weighted by Crippen LogP contribution is -2.50. The number of aryl methyl sites for hydroxylation is 1. The van der Waals surface area contributed by atoms with Crippen molar-refractivity contribution in [3.63, 3.8) is 0 Å². The molecule has 4 rings (SSSR count). The summed E-state index contributed by atoms with van der Waals surface area (Å²) in [5.74, 6) is 0.773. The summed E-state index contributed by atoms with van der Waals surface area (Å²) in [5, 5.41) is 3.09. The topological polar surface area (TPSA) is 61.4 Å². The lowest BCUT2D eigenvalue weighted by Gasteiger charge is -2.36. The Morgan fingerprint density at radius 2 is 2.15 bits per heavy atom. The maximum Gasteiger partial charge on any atom is 0.323 e. The van der Waals surface area contributed by atoms with E-state index in [-0.39, 0.29) is 12.1 Å². The largest absolute Gasteiger partial charge is 0.366 e. The van der Waals surface area contributed by atoms with E-state index in [1.165, 1.54) is 0 Å². The number of nitrogens with zero attached hydrogens (tertiary/aromatic N) is 4. The number of hydrogen-bond acceptors (Lipinski definition) is 4. The van der Waals surface area contributed by atoms with E-state index in [0.29, 0.717) is 0 Å². The predicted molar refractivity (Wildman–Crippen MR) is 108 cm³/mol. The highest BCUT2D eigenvalue weighted by molar-refractivity contribution is 5.97. The molecule has 6 heteroatoms. The van der Waals surface area contributed by atoms with E-state index in [4.69, 9.17) is 4.98 Å². The fraction of sp³-hybridized carbons (Fsp3) is 0.476. The number of anilines is 2. The SMILES string of the molecule is CCCCCNC(=O)N1c2nc(-c3ccc(C)nc3)ccc2N2CC[C@H]1C2. The Kier molecular flexibility index (Phi) is 4.97. The normalized spacial score (nSPS) is 17.8. The molecule has 2 aromatic rings. The van der Waals surface area contributed by atoms with Gasteiger partial charge in [-0.1, -0.05) is 19.8 Å². The second kappa shape index (κ2) is 7.55. The highest BCUT2D eigenvalue weighted by Gasteiger charge is 2.40. The fourth-order valence-corrected chi connectivity index (χ4v) is 3.91. The summed E-state index contributed by atoms with van der Waals surface area (Å²) in [4.78, 5) is 26.4. The average molecular weight is 365 g/mol. The number of carbonyl (C=O) groups is 1.